The van der Waals surface area contributed by atoms with E-state index in [9.17, 15) is 0 Å². The van der Waals surface area contributed by atoms with Gasteiger partial charge in [0.1, 0.15) is 0 Å². The first kappa shape index (κ1) is 45.6. The van der Waals surface area contributed by atoms with Crippen molar-refractivity contribution in [2.75, 3.05) is 0 Å². The predicted octanol–water partition coefficient (Wildman–Crippen LogP) is 17.0. The van der Waals surface area contributed by atoms with Gasteiger partial charge in [-0.1, -0.05) is 211 Å². The van der Waals surface area contributed by atoms with E-state index in [-0.39, 0.29) is 28.4 Å². The van der Waals surface area contributed by atoms with Crippen molar-refractivity contribution >= 4 is 66.6 Å². The highest BCUT2D eigenvalue weighted by Crippen LogP contribution is 2.66. The Bertz CT molecular complexity index is 4590. The lowest BCUT2D eigenvalue weighted by Crippen LogP contribution is -2.61. The molecule has 1 spiro atoms. The van der Waals surface area contributed by atoms with Crippen molar-refractivity contribution < 1.29 is 0 Å². The third kappa shape index (κ3) is 5.25. The van der Waals surface area contributed by atoms with Gasteiger partial charge >= 0.3 is 0 Å². The van der Waals surface area contributed by atoms with E-state index in [1.165, 1.54) is 138 Å². The van der Waals surface area contributed by atoms with Gasteiger partial charge in [0.15, 0.2) is 0 Å². The molecule has 0 saturated carbocycles. The Morgan fingerprint density at radius 2 is 0.936 bits per heavy atom. The molecule has 3 aliphatic heterocycles. The molecular formula is C75H67BN2. The van der Waals surface area contributed by atoms with Crippen LogP contribution in [0.15, 0.2) is 140 Å². The molecule has 0 bridgehead atoms. The number of aryl methyl sites for hydroxylation is 4. The number of benzene rings is 9. The minimum Gasteiger partial charge on any atom is -0.310 e. The van der Waals surface area contributed by atoms with Crippen molar-refractivity contribution in [3.63, 3.8) is 0 Å². The van der Waals surface area contributed by atoms with E-state index in [0.29, 0.717) is 0 Å². The minimum atomic E-state index is -0.582. The minimum absolute atomic E-state index is 0.0218. The summed E-state index contributed by atoms with van der Waals surface area (Å²) in [6.45, 7) is 29.7. The maximum atomic E-state index is 2.93. The molecular weight excluding hydrogens is 940 g/mol. The van der Waals surface area contributed by atoms with E-state index >= 15 is 0 Å². The molecule has 0 fully saturated rings. The lowest BCUT2D eigenvalue weighted by atomic mass is 9.33. The van der Waals surface area contributed by atoms with Crippen LogP contribution in [0, 0.1) is 27.7 Å². The quantitative estimate of drug-likeness (QED) is 0.153. The largest absolute Gasteiger partial charge is 0.310 e. The van der Waals surface area contributed by atoms with Gasteiger partial charge < -0.3 is 9.13 Å². The van der Waals surface area contributed by atoms with Crippen LogP contribution in [0.5, 0.6) is 0 Å². The van der Waals surface area contributed by atoms with E-state index in [2.05, 4.69) is 232 Å². The molecule has 9 aromatic carbocycles. The number of fused-ring (bicyclic) bond motifs is 17. The second-order valence-corrected chi connectivity index (χ2v) is 27.9. The zero-order valence-electron chi connectivity index (χ0n) is 47.6. The summed E-state index contributed by atoms with van der Waals surface area (Å²) in [7, 11) is 0. The molecule has 6 aliphatic rings. The van der Waals surface area contributed by atoms with Gasteiger partial charge in [0, 0.05) is 38.6 Å². The summed E-state index contributed by atoms with van der Waals surface area (Å²) < 4.78 is 5.70. The van der Waals surface area contributed by atoms with E-state index in [1.54, 1.807) is 33.0 Å². The highest BCUT2D eigenvalue weighted by molar-refractivity contribution is 7.00. The van der Waals surface area contributed by atoms with Crippen LogP contribution in [0.3, 0.4) is 0 Å². The van der Waals surface area contributed by atoms with Crippen LogP contribution in [0.2, 0.25) is 0 Å². The van der Waals surface area contributed by atoms with Gasteiger partial charge in [0.05, 0.1) is 22.1 Å². The molecule has 5 heterocycles. The summed E-state index contributed by atoms with van der Waals surface area (Å²) in [6.07, 6.45) is 4.64. The zero-order valence-corrected chi connectivity index (χ0v) is 47.6. The molecule has 3 aliphatic carbocycles. The van der Waals surface area contributed by atoms with Crippen LogP contribution in [-0.2, 0) is 27.1 Å². The molecule has 0 amide bonds. The first-order valence-electron chi connectivity index (χ1n) is 29.2. The second kappa shape index (κ2) is 14.3. The van der Waals surface area contributed by atoms with Gasteiger partial charge in [0.25, 0.3) is 6.71 Å². The summed E-state index contributed by atoms with van der Waals surface area (Å²) in [5, 5.41) is 7.06. The third-order valence-corrected chi connectivity index (χ3v) is 21.4. The number of nitrogens with zero attached hydrogens (tertiary/aromatic N) is 2. The van der Waals surface area contributed by atoms with Crippen LogP contribution in [0.1, 0.15) is 148 Å². The summed E-state index contributed by atoms with van der Waals surface area (Å²) in [6, 6.07) is 56.5. The fraction of sp³-hybridized carbons (Fsp3) is 0.280. The molecule has 17 rings (SSSR count). The summed E-state index contributed by atoms with van der Waals surface area (Å²) >= 11 is 0. The third-order valence-electron chi connectivity index (χ3n) is 21.4. The molecule has 78 heavy (non-hydrogen) atoms. The molecule has 0 saturated heterocycles. The Morgan fingerprint density at radius 1 is 0.410 bits per heavy atom. The molecule has 0 unspecified atom stereocenters. The number of hydrogen-bond donors (Lipinski definition) is 0. The molecule has 0 N–H and O–H groups in total. The first-order valence-corrected chi connectivity index (χ1v) is 29.2. The zero-order chi connectivity index (χ0) is 53.2. The van der Waals surface area contributed by atoms with Crippen molar-refractivity contribution in [2.45, 2.75) is 136 Å². The van der Waals surface area contributed by atoms with Crippen LogP contribution < -0.4 is 16.4 Å². The fourth-order valence-electron chi connectivity index (χ4n) is 17.4. The van der Waals surface area contributed by atoms with Crippen molar-refractivity contribution in [1.29, 1.82) is 0 Å². The highest BCUT2D eigenvalue weighted by Gasteiger charge is 2.57. The Balaban J connectivity index is 1.18. The lowest BCUT2D eigenvalue weighted by molar-refractivity contribution is 0.333. The van der Waals surface area contributed by atoms with Crippen molar-refractivity contribution in [3.8, 4) is 44.9 Å². The molecule has 380 valence electrons. The van der Waals surface area contributed by atoms with E-state index < -0.39 is 5.41 Å². The molecule has 0 atom stereocenters. The number of rotatable bonds is 2. The van der Waals surface area contributed by atoms with E-state index in [0.717, 1.165) is 25.7 Å². The summed E-state index contributed by atoms with van der Waals surface area (Å²) in [5.74, 6) is 0. The molecule has 11 aromatic rings. The molecule has 2 aromatic heterocycles. The topological polar surface area (TPSA) is 9.86 Å². The normalized spacial score (nSPS) is 18.3. The molecule has 3 heteroatoms. The average molecular weight is 1010 g/mol. The van der Waals surface area contributed by atoms with Gasteiger partial charge in [-0.15, -0.1) is 0 Å². The van der Waals surface area contributed by atoms with Gasteiger partial charge in [-0.25, -0.2) is 0 Å². The first-order chi connectivity index (χ1) is 37.3. The fourth-order valence-corrected chi connectivity index (χ4v) is 17.4. The van der Waals surface area contributed by atoms with Crippen LogP contribution in [0.4, 0.5) is 0 Å². The van der Waals surface area contributed by atoms with E-state index in [4.69, 9.17) is 0 Å². The monoisotopic (exact) mass is 1010 g/mol. The van der Waals surface area contributed by atoms with Crippen molar-refractivity contribution in [2.24, 2.45) is 0 Å². The van der Waals surface area contributed by atoms with Gasteiger partial charge in [-0.2, -0.15) is 0 Å². The standard InChI is InChI=1S/C75H67BN2/c1-40-17-23-44(24-18-40)59-60-47-16-14-13-15-46(47)37-56-69(60)77(66(59)45-25-19-41(2)20-26-45)58-30-29-50-68-65(58)76(56)57-39-54-64(74(11,12)34-32-72(54,7)8)62-61-63-53(71(5,6)31-33-73(63,9)10)38-55(67(61)78(68)70(57)62)75(50)51-35-42(3)21-27-48(51)49-28-22-43(4)36-52(49)75/h13-30,35-39H,31-34H2,1-12H3. The number of hydrogen-bond acceptors (Lipinski definition) is 0. The molecule has 0 radical (unpaired) electrons. The van der Waals surface area contributed by atoms with Crippen LogP contribution in [0.25, 0.3) is 88.4 Å². The van der Waals surface area contributed by atoms with E-state index in [1.807, 2.05) is 0 Å². The Kier molecular flexibility index (Phi) is 8.35. The number of aromatic nitrogens is 2. The Labute approximate surface area is 460 Å². The van der Waals surface area contributed by atoms with Gasteiger partial charge in [0.2, 0.25) is 0 Å². The van der Waals surface area contributed by atoms with Crippen molar-refractivity contribution in [3.05, 3.63) is 206 Å². The second-order valence-electron chi connectivity index (χ2n) is 27.9. The van der Waals surface area contributed by atoms with Crippen LogP contribution >= 0.6 is 0 Å². The highest BCUT2D eigenvalue weighted by atomic mass is 15.1. The maximum Gasteiger partial charge on any atom is 0.252 e. The molecule has 2 nitrogen and oxygen atoms in total. The van der Waals surface area contributed by atoms with Crippen LogP contribution in [-0.4, -0.2) is 15.8 Å². The Hall–Kier alpha value is -7.36. The predicted molar refractivity (Wildman–Crippen MR) is 331 cm³/mol. The summed E-state index contributed by atoms with van der Waals surface area (Å²) in [5.41, 5.74) is 35.7. The lowest BCUT2D eigenvalue weighted by Gasteiger charge is -2.47. The smallest absolute Gasteiger partial charge is 0.252 e. The SMILES string of the molecule is Cc1ccc(-c2c(-c3ccc(C)cc3)n3c4c(cc5ccccc5c24)B2c4c-3ccc3c4-n4c5c2cc2c(c5c5c6c(cc(c54)C34c3cc(C)ccc3-c3ccc(C)cc34)C(C)(C)CCC6(C)C)C(C)(C)CCC2(C)C)cc1. The Morgan fingerprint density at radius 3 is 1.56 bits per heavy atom. The average Bonchev–Trinajstić information content (AvgIpc) is 3.00. The maximum absolute atomic E-state index is 2.93. The van der Waals surface area contributed by atoms with Crippen molar-refractivity contribution in [1.82, 2.24) is 9.13 Å². The summed E-state index contributed by atoms with van der Waals surface area (Å²) in [4.78, 5) is 0. The van der Waals surface area contributed by atoms with Gasteiger partial charge in [-0.3, -0.25) is 0 Å². The van der Waals surface area contributed by atoms with Gasteiger partial charge in [-0.05, 0) is 175 Å².